The molecule has 1 aliphatic heterocycles. The normalized spacial score (nSPS) is 24.6. The number of primary amides is 1. The van der Waals surface area contributed by atoms with Crippen LogP contribution in [0.15, 0.2) is 42.5 Å². The van der Waals surface area contributed by atoms with E-state index in [-0.39, 0.29) is 24.5 Å². The smallest absolute Gasteiger partial charge is 0.231 e. The molecule has 3 N–H and O–H groups in total. The summed E-state index contributed by atoms with van der Waals surface area (Å²) in [5.74, 6) is 1.94. The summed E-state index contributed by atoms with van der Waals surface area (Å²) >= 11 is 0. The number of H-pyrrole nitrogens is 1. The van der Waals surface area contributed by atoms with Crippen molar-refractivity contribution in [2.45, 2.75) is 25.2 Å². The number of rotatable bonds is 4. The van der Waals surface area contributed by atoms with Crippen molar-refractivity contribution in [2.24, 2.45) is 11.1 Å². The van der Waals surface area contributed by atoms with Crippen LogP contribution in [0.25, 0.3) is 11.0 Å². The van der Waals surface area contributed by atoms with Gasteiger partial charge in [-0.05, 0) is 42.2 Å². The van der Waals surface area contributed by atoms with Crippen molar-refractivity contribution in [1.82, 2.24) is 9.97 Å². The molecule has 0 spiro atoms. The first-order valence-corrected chi connectivity index (χ1v) is 8.73. The van der Waals surface area contributed by atoms with E-state index in [1.165, 1.54) is 0 Å². The maximum Gasteiger partial charge on any atom is 0.231 e. The summed E-state index contributed by atoms with van der Waals surface area (Å²) in [6.07, 6.45) is 0.692. The van der Waals surface area contributed by atoms with Gasteiger partial charge in [0.05, 0.1) is 16.4 Å². The van der Waals surface area contributed by atoms with Crippen LogP contribution >= 0.6 is 0 Å². The van der Waals surface area contributed by atoms with E-state index in [1.54, 1.807) is 0 Å². The molecule has 0 radical (unpaired) electrons. The van der Waals surface area contributed by atoms with Gasteiger partial charge in [0.1, 0.15) is 5.82 Å². The Morgan fingerprint density at radius 3 is 2.88 bits per heavy atom. The predicted octanol–water partition coefficient (Wildman–Crippen LogP) is 3.05. The van der Waals surface area contributed by atoms with Crippen LogP contribution in [0.5, 0.6) is 11.5 Å². The van der Waals surface area contributed by atoms with Gasteiger partial charge in [-0.15, -0.1) is 0 Å². The van der Waals surface area contributed by atoms with Crippen molar-refractivity contribution < 1.29 is 14.3 Å². The minimum Gasteiger partial charge on any atom is -0.454 e. The van der Waals surface area contributed by atoms with Crippen LogP contribution < -0.4 is 15.2 Å². The van der Waals surface area contributed by atoms with Gasteiger partial charge >= 0.3 is 0 Å². The molecular weight excluding hydrogens is 330 g/mol. The Labute approximate surface area is 150 Å². The van der Waals surface area contributed by atoms with Gasteiger partial charge in [-0.3, -0.25) is 4.79 Å². The van der Waals surface area contributed by atoms with Gasteiger partial charge in [-0.1, -0.05) is 25.1 Å². The second-order valence-corrected chi connectivity index (χ2v) is 7.13. The minimum absolute atomic E-state index is 0.00665. The lowest BCUT2D eigenvalue weighted by Gasteiger charge is -2.22. The Balaban J connectivity index is 1.51. The third-order valence-electron chi connectivity index (χ3n) is 5.87. The van der Waals surface area contributed by atoms with Crippen LogP contribution in [0.3, 0.4) is 0 Å². The van der Waals surface area contributed by atoms with Gasteiger partial charge in [-0.25, -0.2) is 4.98 Å². The summed E-state index contributed by atoms with van der Waals surface area (Å²) < 4.78 is 10.9. The number of nitrogens with zero attached hydrogens (tertiary/aromatic N) is 1. The Bertz CT molecular complexity index is 995. The summed E-state index contributed by atoms with van der Waals surface area (Å²) in [5.41, 5.74) is 8.13. The number of imidazole rings is 1. The van der Waals surface area contributed by atoms with Crippen molar-refractivity contribution >= 4 is 16.9 Å². The number of amides is 1. The third kappa shape index (κ3) is 2.05. The van der Waals surface area contributed by atoms with Crippen molar-refractivity contribution in [1.29, 1.82) is 0 Å². The van der Waals surface area contributed by atoms with Crippen LogP contribution in [0, 0.1) is 5.41 Å². The first-order chi connectivity index (χ1) is 12.6. The van der Waals surface area contributed by atoms with E-state index < -0.39 is 5.41 Å². The standard InChI is InChI=1S/C20H19N3O3/c1-11(12-6-7-16-17(8-12)26-10-25-16)20(19(21)24)9-13(20)18-22-14-4-2-3-5-15(14)23-18/h2-8,11,13H,9-10H2,1H3,(H2,21,24)(H,22,23)/t11-,13?,20?/m1/s1. The molecule has 2 aliphatic rings. The Kier molecular flexibility index (Phi) is 3.07. The molecule has 1 aromatic heterocycles. The topological polar surface area (TPSA) is 90.2 Å². The first kappa shape index (κ1) is 15.3. The van der Waals surface area contributed by atoms with Crippen molar-refractivity contribution in [2.75, 3.05) is 6.79 Å². The number of nitrogens with two attached hydrogens (primary N) is 1. The summed E-state index contributed by atoms with van der Waals surface area (Å²) in [6.45, 7) is 2.28. The molecule has 0 bridgehead atoms. The van der Waals surface area contributed by atoms with Crippen molar-refractivity contribution in [3.8, 4) is 11.5 Å². The number of para-hydroxylation sites is 2. The quantitative estimate of drug-likeness (QED) is 0.757. The molecule has 5 rings (SSSR count). The molecule has 132 valence electrons. The number of fused-ring (bicyclic) bond motifs is 2. The molecule has 2 aromatic carbocycles. The number of carbonyl (C=O) groups excluding carboxylic acids is 1. The molecule has 1 saturated carbocycles. The van der Waals surface area contributed by atoms with Crippen LogP contribution in [0.2, 0.25) is 0 Å². The largest absolute Gasteiger partial charge is 0.454 e. The molecule has 1 aliphatic carbocycles. The number of nitrogens with one attached hydrogen (secondary N) is 1. The molecule has 6 nitrogen and oxygen atoms in total. The third-order valence-corrected chi connectivity index (χ3v) is 5.87. The average molecular weight is 349 g/mol. The molecule has 1 fully saturated rings. The maximum atomic E-state index is 12.5. The highest BCUT2D eigenvalue weighted by atomic mass is 16.7. The van der Waals surface area contributed by atoms with Crippen molar-refractivity contribution in [3.63, 3.8) is 0 Å². The van der Waals surface area contributed by atoms with Crippen molar-refractivity contribution in [3.05, 3.63) is 53.9 Å². The lowest BCUT2D eigenvalue weighted by atomic mass is 9.82. The first-order valence-electron chi connectivity index (χ1n) is 8.73. The SMILES string of the molecule is C[C@H](c1ccc2c(c1)OCO2)C1(C(N)=O)CC1c1nc2ccccc2[nH]1. The van der Waals surface area contributed by atoms with E-state index in [4.69, 9.17) is 15.2 Å². The minimum atomic E-state index is -0.637. The number of carbonyl (C=O) groups is 1. The second-order valence-electron chi connectivity index (χ2n) is 7.13. The molecule has 6 heteroatoms. The highest BCUT2D eigenvalue weighted by molar-refractivity contribution is 5.87. The van der Waals surface area contributed by atoms with Crippen LogP contribution in [0.4, 0.5) is 0 Å². The zero-order valence-electron chi connectivity index (χ0n) is 14.4. The lowest BCUT2D eigenvalue weighted by Crippen LogP contribution is -2.31. The van der Waals surface area contributed by atoms with Gasteiger partial charge in [0.25, 0.3) is 0 Å². The zero-order valence-corrected chi connectivity index (χ0v) is 14.4. The highest BCUT2D eigenvalue weighted by Crippen LogP contribution is 2.66. The molecule has 0 saturated heterocycles. The van der Waals surface area contributed by atoms with Gasteiger partial charge in [0.15, 0.2) is 11.5 Å². The summed E-state index contributed by atoms with van der Waals surface area (Å²) in [7, 11) is 0. The second kappa shape index (κ2) is 5.24. The van der Waals surface area contributed by atoms with Crippen LogP contribution in [-0.4, -0.2) is 22.7 Å². The molecule has 26 heavy (non-hydrogen) atoms. The molecule has 2 unspecified atom stereocenters. The van der Waals surface area contributed by atoms with Gasteiger partial charge in [0.2, 0.25) is 12.7 Å². The molecule has 3 aromatic rings. The maximum absolute atomic E-state index is 12.5. The number of hydrogen-bond acceptors (Lipinski definition) is 4. The van der Waals surface area contributed by atoms with E-state index in [0.29, 0.717) is 6.42 Å². The van der Waals surface area contributed by atoms with E-state index in [9.17, 15) is 4.79 Å². The molecule has 3 atom stereocenters. The van der Waals surface area contributed by atoms with E-state index in [2.05, 4.69) is 9.97 Å². The number of ether oxygens (including phenoxy) is 2. The summed E-state index contributed by atoms with van der Waals surface area (Å²) in [4.78, 5) is 20.5. The number of benzene rings is 2. The fraction of sp³-hybridized carbons (Fsp3) is 0.300. The van der Waals surface area contributed by atoms with E-state index in [1.807, 2.05) is 49.4 Å². The fourth-order valence-electron chi connectivity index (χ4n) is 4.20. The predicted molar refractivity (Wildman–Crippen MR) is 96.1 cm³/mol. The molecule has 1 amide bonds. The summed E-state index contributed by atoms with van der Waals surface area (Å²) in [6, 6.07) is 13.7. The molecule has 2 heterocycles. The fourth-order valence-corrected chi connectivity index (χ4v) is 4.20. The van der Waals surface area contributed by atoms with E-state index >= 15 is 0 Å². The van der Waals surface area contributed by atoms with Gasteiger partial charge in [0, 0.05) is 5.92 Å². The number of aromatic nitrogens is 2. The molecular formula is C20H19N3O3. The van der Waals surface area contributed by atoms with Gasteiger partial charge < -0.3 is 20.2 Å². The van der Waals surface area contributed by atoms with E-state index in [0.717, 1.165) is 33.9 Å². The lowest BCUT2D eigenvalue weighted by molar-refractivity contribution is -0.124. The Hall–Kier alpha value is -3.02. The Morgan fingerprint density at radius 2 is 2.08 bits per heavy atom. The summed E-state index contributed by atoms with van der Waals surface area (Å²) in [5, 5.41) is 0. The van der Waals surface area contributed by atoms with Crippen LogP contribution in [-0.2, 0) is 4.79 Å². The highest BCUT2D eigenvalue weighted by Gasteiger charge is 2.64. The monoisotopic (exact) mass is 349 g/mol. The Morgan fingerprint density at radius 1 is 1.27 bits per heavy atom. The van der Waals surface area contributed by atoms with Gasteiger partial charge in [-0.2, -0.15) is 0 Å². The number of hydrogen-bond donors (Lipinski definition) is 2. The van der Waals surface area contributed by atoms with Crippen LogP contribution in [0.1, 0.15) is 36.6 Å². The zero-order chi connectivity index (χ0) is 17.9. The number of aromatic amines is 1. The average Bonchev–Trinajstić information content (AvgIpc) is 3.01.